The van der Waals surface area contributed by atoms with Gasteiger partial charge in [-0.3, -0.25) is 33.8 Å². The zero-order chi connectivity index (χ0) is 42.9. The normalized spacial score (nSPS) is 13.4. The summed E-state index contributed by atoms with van der Waals surface area (Å²) in [6.45, 7) is -0.357. The number of imidazole rings is 1. The first-order valence-electron chi connectivity index (χ1n) is 18.5. The lowest BCUT2D eigenvalue weighted by atomic mass is 10.0. The molecule has 4 aromatic rings. The Morgan fingerprint density at radius 2 is 1.31 bits per heavy atom. The number of rotatable bonds is 23. The van der Waals surface area contributed by atoms with E-state index in [1.165, 1.54) is 12.5 Å². The predicted molar refractivity (Wildman–Crippen MR) is 213 cm³/mol. The molecule has 4 rings (SSSR count). The van der Waals surface area contributed by atoms with Crippen molar-refractivity contribution in [3.05, 3.63) is 90.1 Å². The number of aromatic amines is 2. The number of carboxylic acid groups (broad SMARTS) is 2. The number of carboxylic acids is 2. The van der Waals surface area contributed by atoms with Crippen LogP contribution in [0.3, 0.4) is 0 Å². The van der Waals surface area contributed by atoms with Gasteiger partial charge in [0.1, 0.15) is 30.2 Å². The van der Waals surface area contributed by atoms with E-state index in [0.717, 1.165) is 0 Å². The number of guanidine groups is 1. The fourth-order valence-electron chi connectivity index (χ4n) is 6.10. The number of para-hydroxylation sites is 1. The summed E-state index contributed by atoms with van der Waals surface area (Å²) >= 11 is 0. The molecule has 21 heteroatoms. The summed E-state index contributed by atoms with van der Waals surface area (Å²) in [7, 11) is 0. The van der Waals surface area contributed by atoms with Gasteiger partial charge in [-0.2, -0.15) is 0 Å². The number of aliphatic carboxylic acids is 2. The quantitative estimate of drug-likeness (QED) is 0.0217. The topological polar surface area (TPSA) is 355 Å². The first-order chi connectivity index (χ1) is 28.2. The molecule has 21 nitrogen and oxygen atoms in total. The van der Waals surface area contributed by atoms with E-state index < -0.39 is 84.6 Å². The molecule has 314 valence electrons. The van der Waals surface area contributed by atoms with Crippen molar-refractivity contribution in [2.45, 2.75) is 68.7 Å². The molecule has 0 fully saturated rings. The molecule has 5 amide bonds. The highest BCUT2D eigenvalue weighted by Crippen LogP contribution is 2.20. The molecular formula is C38H48N12O9. The van der Waals surface area contributed by atoms with Gasteiger partial charge < -0.3 is 64.0 Å². The number of aromatic nitrogens is 3. The molecular weight excluding hydrogens is 768 g/mol. The Morgan fingerprint density at radius 1 is 0.712 bits per heavy atom. The SMILES string of the molecule is NCC(=O)N[C@@H](Cc1cnc[nH]1)C(=O)N[C@@H](Cc1ccccc1)C(=O)N[C@@H](CCCN=C(N)N)C(=O)N[C@H](Cc1c[nH]c2ccccc12)C(=O)N[C@@H](CC(=O)O)C(=O)O. The van der Waals surface area contributed by atoms with E-state index in [9.17, 15) is 43.8 Å². The van der Waals surface area contributed by atoms with Crippen LogP contribution in [0.4, 0.5) is 0 Å². The van der Waals surface area contributed by atoms with Gasteiger partial charge in [-0.15, -0.1) is 0 Å². The molecule has 59 heavy (non-hydrogen) atoms. The summed E-state index contributed by atoms with van der Waals surface area (Å²) in [5.74, 6) is -7.35. The number of aliphatic imine (C=N–C) groups is 1. The summed E-state index contributed by atoms with van der Waals surface area (Å²) in [5.41, 5.74) is 18.9. The van der Waals surface area contributed by atoms with E-state index in [1.807, 2.05) is 0 Å². The number of hydrogen-bond acceptors (Lipinski definition) is 10. The van der Waals surface area contributed by atoms with Crippen molar-refractivity contribution in [1.82, 2.24) is 41.5 Å². The lowest BCUT2D eigenvalue weighted by Gasteiger charge is -2.27. The van der Waals surface area contributed by atoms with Crippen LogP contribution in [-0.2, 0) is 52.8 Å². The lowest BCUT2D eigenvalue weighted by Crippen LogP contribution is -2.60. The maximum Gasteiger partial charge on any atom is 0.326 e. The Hall–Kier alpha value is -7.29. The molecule has 0 aliphatic carbocycles. The first kappa shape index (κ1) is 44.4. The largest absolute Gasteiger partial charge is 0.481 e. The fourth-order valence-corrected chi connectivity index (χ4v) is 6.10. The second-order valence-electron chi connectivity index (χ2n) is 13.5. The van der Waals surface area contributed by atoms with Gasteiger partial charge in [0.05, 0.1) is 19.3 Å². The third kappa shape index (κ3) is 14.0. The van der Waals surface area contributed by atoms with Crippen LogP contribution in [0.15, 0.2) is 78.3 Å². The van der Waals surface area contributed by atoms with E-state index in [-0.39, 0.29) is 44.6 Å². The maximum atomic E-state index is 14.2. The Bertz CT molecular complexity index is 2100. The second-order valence-corrected chi connectivity index (χ2v) is 13.5. The number of nitrogens with one attached hydrogen (secondary N) is 7. The molecule has 5 atom stereocenters. The van der Waals surface area contributed by atoms with Crippen molar-refractivity contribution in [3.63, 3.8) is 0 Å². The molecule has 0 aliphatic heterocycles. The van der Waals surface area contributed by atoms with Gasteiger partial charge in [-0.05, 0) is 30.0 Å². The van der Waals surface area contributed by atoms with Gasteiger partial charge in [-0.25, -0.2) is 9.78 Å². The van der Waals surface area contributed by atoms with Crippen molar-refractivity contribution in [3.8, 4) is 0 Å². The van der Waals surface area contributed by atoms with Crippen LogP contribution in [0.1, 0.15) is 36.1 Å². The van der Waals surface area contributed by atoms with Crippen LogP contribution in [-0.4, -0.2) is 116 Å². The van der Waals surface area contributed by atoms with Gasteiger partial charge in [0, 0.05) is 54.8 Å². The van der Waals surface area contributed by atoms with Gasteiger partial charge in [0.25, 0.3) is 0 Å². The minimum atomic E-state index is -1.83. The highest BCUT2D eigenvalue weighted by molar-refractivity contribution is 5.97. The molecule has 2 aromatic heterocycles. The summed E-state index contributed by atoms with van der Waals surface area (Å²) in [6, 6.07) is 8.64. The summed E-state index contributed by atoms with van der Waals surface area (Å²) < 4.78 is 0. The van der Waals surface area contributed by atoms with Gasteiger partial charge in [0.15, 0.2) is 5.96 Å². The highest BCUT2D eigenvalue weighted by atomic mass is 16.4. The van der Waals surface area contributed by atoms with E-state index in [4.69, 9.17) is 17.2 Å². The number of hydrogen-bond donors (Lipinski definition) is 12. The van der Waals surface area contributed by atoms with Crippen LogP contribution in [0.25, 0.3) is 10.9 Å². The van der Waals surface area contributed by atoms with Crippen LogP contribution in [0, 0.1) is 0 Å². The third-order valence-electron chi connectivity index (χ3n) is 9.04. The van der Waals surface area contributed by atoms with Gasteiger partial charge in [-0.1, -0.05) is 48.5 Å². The summed E-state index contributed by atoms with van der Waals surface area (Å²) in [4.78, 5) is 105. The molecule has 0 bridgehead atoms. The van der Waals surface area contributed by atoms with Crippen molar-refractivity contribution in [1.29, 1.82) is 0 Å². The Balaban J connectivity index is 1.64. The molecule has 0 saturated carbocycles. The molecule has 0 spiro atoms. The maximum absolute atomic E-state index is 14.2. The van der Waals surface area contributed by atoms with E-state index >= 15 is 0 Å². The van der Waals surface area contributed by atoms with Gasteiger partial charge in [0.2, 0.25) is 29.5 Å². The molecule has 0 unspecified atom stereocenters. The first-order valence-corrected chi connectivity index (χ1v) is 18.5. The summed E-state index contributed by atoms with van der Waals surface area (Å²) in [5, 5.41) is 32.3. The fraction of sp³-hybridized carbons (Fsp3) is 0.342. The second kappa shape index (κ2) is 21.9. The molecule has 2 heterocycles. The summed E-state index contributed by atoms with van der Waals surface area (Å²) in [6.07, 6.45) is 3.37. The molecule has 2 aromatic carbocycles. The van der Waals surface area contributed by atoms with Crippen molar-refractivity contribution >= 4 is 58.3 Å². The number of nitrogens with two attached hydrogens (primary N) is 3. The minimum absolute atomic E-state index is 0.0256. The smallest absolute Gasteiger partial charge is 0.326 e. The Labute approximate surface area is 337 Å². The van der Waals surface area contributed by atoms with Crippen LogP contribution in [0.5, 0.6) is 0 Å². The number of amides is 5. The van der Waals surface area contributed by atoms with E-state index in [2.05, 4.69) is 46.5 Å². The lowest BCUT2D eigenvalue weighted by molar-refractivity contribution is -0.147. The molecule has 0 radical (unpaired) electrons. The standard InChI is InChI=1S/C38H48N12O9/c39-17-31(51)46-29(15-23-19-42-20-45-23)36(57)48-27(13-21-7-2-1-3-8-21)34(55)47-26(11-6-12-43-38(40)41)33(54)49-28(35(56)50-30(37(58)59)16-32(52)53)14-22-18-44-25-10-5-4-9-24(22)25/h1-5,7-10,18-20,26-30,44H,6,11-17,39H2,(H,42,45)(H,46,51)(H,47,55)(H,48,57)(H,49,54)(H,50,56)(H,52,53)(H,58,59)(H4,40,41,43)/t26-,27-,28+,29-,30-/m0/s1. The van der Waals surface area contributed by atoms with E-state index in [1.54, 1.807) is 60.8 Å². The zero-order valence-electron chi connectivity index (χ0n) is 31.9. The monoisotopic (exact) mass is 816 g/mol. The number of H-pyrrole nitrogens is 2. The van der Waals surface area contributed by atoms with Gasteiger partial charge >= 0.3 is 11.9 Å². The number of carbonyl (C=O) groups excluding carboxylic acids is 5. The van der Waals surface area contributed by atoms with E-state index in [0.29, 0.717) is 27.7 Å². The average Bonchev–Trinajstić information content (AvgIpc) is 3.88. The van der Waals surface area contributed by atoms with Crippen molar-refractivity contribution in [2.75, 3.05) is 13.1 Å². The molecule has 0 aliphatic rings. The third-order valence-corrected chi connectivity index (χ3v) is 9.04. The molecule has 15 N–H and O–H groups in total. The number of carbonyl (C=O) groups is 7. The van der Waals surface area contributed by atoms with Crippen LogP contribution in [0.2, 0.25) is 0 Å². The predicted octanol–water partition coefficient (Wildman–Crippen LogP) is -2.09. The highest BCUT2D eigenvalue weighted by Gasteiger charge is 2.33. The van der Waals surface area contributed by atoms with Crippen molar-refractivity contribution < 1.29 is 43.8 Å². The van der Waals surface area contributed by atoms with Crippen molar-refractivity contribution in [2.24, 2.45) is 22.2 Å². The van der Waals surface area contributed by atoms with Crippen LogP contribution < -0.4 is 43.8 Å². The molecule has 0 saturated heterocycles. The number of fused-ring (bicyclic) bond motifs is 1. The Kier molecular flexibility index (Phi) is 16.5. The number of benzene rings is 2. The zero-order valence-corrected chi connectivity index (χ0v) is 31.9. The minimum Gasteiger partial charge on any atom is -0.481 e. The average molecular weight is 817 g/mol. The Morgan fingerprint density at radius 3 is 1.92 bits per heavy atom. The number of nitrogens with zero attached hydrogens (tertiary/aromatic N) is 2. The van der Waals surface area contributed by atoms with Crippen LogP contribution >= 0.6 is 0 Å².